The number of ether oxygens (including phenoxy) is 1. The fraction of sp³-hybridized carbons (Fsp3) is 0.417. The van der Waals surface area contributed by atoms with Crippen LogP contribution in [0.1, 0.15) is 32.3 Å². The Morgan fingerprint density at radius 1 is 1.07 bits per heavy atom. The predicted molar refractivity (Wildman–Crippen MR) is 118 cm³/mol. The van der Waals surface area contributed by atoms with E-state index in [0.717, 1.165) is 23.5 Å². The summed E-state index contributed by atoms with van der Waals surface area (Å²) in [5.41, 5.74) is 2.89. The van der Waals surface area contributed by atoms with Crippen LogP contribution in [0.25, 0.3) is 0 Å². The molecule has 1 atom stereocenters. The summed E-state index contributed by atoms with van der Waals surface area (Å²) < 4.78 is 5.85. The van der Waals surface area contributed by atoms with Crippen molar-refractivity contribution in [2.75, 3.05) is 29.9 Å². The molecule has 1 saturated heterocycles. The average Bonchev–Trinajstić information content (AvgIpc) is 2.78. The number of benzene rings is 2. The molecule has 4 rings (SSSR count). The molecule has 0 radical (unpaired) electrons. The summed E-state index contributed by atoms with van der Waals surface area (Å²) in [6.07, 6.45) is 2.28. The maximum atomic E-state index is 13.2. The fourth-order valence-electron chi connectivity index (χ4n) is 4.14. The van der Waals surface area contributed by atoms with E-state index in [2.05, 4.69) is 12.2 Å². The third kappa shape index (κ3) is 4.27. The van der Waals surface area contributed by atoms with E-state index in [1.807, 2.05) is 60.4 Å². The molecule has 0 aromatic heterocycles. The molecule has 2 aliphatic rings. The fourth-order valence-corrected chi connectivity index (χ4v) is 4.14. The Morgan fingerprint density at radius 3 is 2.47 bits per heavy atom. The standard InChI is InChI=1S/C24H29N3O3/c1-3-18-8-10-20(11-9-18)25-23(28)19-12-14-26(15-13-19)24(29)27-16-17(2)30-22-7-5-4-6-21(22)27/h4-11,17,19H,3,12-16H2,1-2H3,(H,25,28)/t17-/m1/s1. The van der Waals surface area contributed by atoms with Crippen LogP contribution in [0.4, 0.5) is 16.2 Å². The SMILES string of the molecule is CCc1ccc(NC(=O)C2CCN(C(=O)N3C[C@@H](C)Oc4ccccc43)CC2)cc1. The highest BCUT2D eigenvalue weighted by Crippen LogP contribution is 2.34. The number of urea groups is 1. The topological polar surface area (TPSA) is 61.9 Å². The lowest BCUT2D eigenvalue weighted by molar-refractivity contribution is -0.121. The summed E-state index contributed by atoms with van der Waals surface area (Å²) in [5, 5.41) is 3.02. The minimum absolute atomic E-state index is 0.00777. The van der Waals surface area contributed by atoms with Gasteiger partial charge in [0.05, 0.1) is 12.2 Å². The number of aryl methyl sites for hydroxylation is 1. The van der Waals surface area contributed by atoms with Crippen LogP contribution in [0, 0.1) is 5.92 Å². The first-order valence-electron chi connectivity index (χ1n) is 10.8. The molecule has 6 heteroatoms. The molecule has 6 nitrogen and oxygen atoms in total. The highest BCUT2D eigenvalue weighted by Gasteiger charge is 2.33. The summed E-state index contributed by atoms with van der Waals surface area (Å²) >= 11 is 0. The second-order valence-electron chi connectivity index (χ2n) is 8.09. The Bertz CT molecular complexity index is 904. The Morgan fingerprint density at radius 2 is 1.77 bits per heavy atom. The van der Waals surface area contributed by atoms with Crippen molar-refractivity contribution in [1.82, 2.24) is 4.90 Å². The summed E-state index contributed by atoms with van der Waals surface area (Å²) in [4.78, 5) is 29.5. The first-order valence-corrected chi connectivity index (χ1v) is 10.8. The molecule has 0 unspecified atom stereocenters. The van der Waals surface area contributed by atoms with E-state index in [9.17, 15) is 9.59 Å². The normalized spacial score (nSPS) is 19.1. The highest BCUT2D eigenvalue weighted by atomic mass is 16.5. The number of amides is 3. The molecular formula is C24H29N3O3. The van der Waals surface area contributed by atoms with Gasteiger partial charge in [0.15, 0.2) is 0 Å². The maximum absolute atomic E-state index is 13.2. The van der Waals surface area contributed by atoms with E-state index in [4.69, 9.17) is 4.74 Å². The molecule has 1 fully saturated rings. The van der Waals surface area contributed by atoms with Crippen LogP contribution < -0.4 is 15.0 Å². The van der Waals surface area contributed by atoms with Gasteiger partial charge in [-0.1, -0.05) is 31.2 Å². The van der Waals surface area contributed by atoms with Crippen molar-refractivity contribution in [3.8, 4) is 5.75 Å². The van der Waals surface area contributed by atoms with Gasteiger partial charge in [0.1, 0.15) is 11.9 Å². The number of anilines is 2. The Balaban J connectivity index is 1.35. The zero-order valence-corrected chi connectivity index (χ0v) is 17.6. The van der Waals surface area contributed by atoms with Gasteiger partial charge in [0, 0.05) is 24.7 Å². The molecule has 158 valence electrons. The Labute approximate surface area is 177 Å². The van der Waals surface area contributed by atoms with E-state index < -0.39 is 0 Å². The van der Waals surface area contributed by atoms with Crippen molar-refractivity contribution in [2.45, 2.75) is 39.2 Å². The Kier molecular flexibility index (Phi) is 5.93. The van der Waals surface area contributed by atoms with E-state index in [1.165, 1.54) is 5.56 Å². The van der Waals surface area contributed by atoms with Gasteiger partial charge in [-0.2, -0.15) is 0 Å². The van der Waals surface area contributed by atoms with Crippen LogP contribution in [-0.2, 0) is 11.2 Å². The lowest BCUT2D eigenvalue weighted by atomic mass is 9.96. The smallest absolute Gasteiger partial charge is 0.324 e. The number of rotatable bonds is 3. The molecule has 1 N–H and O–H groups in total. The van der Waals surface area contributed by atoms with Crippen molar-refractivity contribution in [3.05, 3.63) is 54.1 Å². The van der Waals surface area contributed by atoms with Gasteiger partial charge in [-0.05, 0) is 56.0 Å². The number of nitrogens with zero attached hydrogens (tertiary/aromatic N) is 2. The van der Waals surface area contributed by atoms with Gasteiger partial charge in [0.2, 0.25) is 5.91 Å². The highest BCUT2D eigenvalue weighted by molar-refractivity contribution is 5.95. The molecule has 0 aliphatic carbocycles. The number of hydrogen-bond acceptors (Lipinski definition) is 3. The van der Waals surface area contributed by atoms with Crippen LogP contribution in [0.5, 0.6) is 5.75 Å². The first-order chi connectivity index (χ1) is 14.5. The van der Waals surface area contributed by atoms with Gasteiger partial charge in [-0.3, -0.25) is 9.69 Å². The number of hydrogen-bond donors (Lipinski definition) is 1. The number of carbonyl (C=O) groups is 2. The van der Waals surface area contributed by atoms with Gasteiger partial charge in [-0.25, -0.2) is 4.79 Å². The predicted octanol–water partition coefficient (Wildman–Crippen LogP) is 4.31. The molecule has 0 saturated carbocycles. The van der Waals surface area contributed by atoms with Crippen molar-refractivity contribution in [1.29, 1.82) is 0 Å². The molecule has 2 heterocycles. The second-order valence-corrected chi connectivity index (χ2v) is 8.09. The maximum Gasteiger partial charge on any atom is 0.324 e. The van der Waals surface area contributed by atoms with Crippen molar-refractivity contribution >= 4 is 23.3 Å². The number of para-hydroxylation sites is 2. The molecule has 30 heavy (non-hydrogen) atoms. The minimum atomic E-state index is -0.0733. The Hall–Kier alpha value is -3.02. The van der Waals surface area contributed by atoms with Crippen molar-refractivity contribution in [2.24, 2.45) is 5.92 Å². The van der Waals surface area contributed by atoms with Crippen molar-refractivity contribution in [3.63, 3.8) is 0 Å². The number of likely N-dealkylation sites (tertiary alicyclic amines) is 1. The average molecular weight is 408 g/mol. The lowest BCUT2D eigenvalue weighted by Gasteiger charge is -2.39. The first kappa shape index (κ1) is 20.3. The van der Waals surface area contributed by atoms with Gasteiger partial charge in [-0.15, -0.1) is 0 Å². The van der Waals surface area contributed by atoms with Crippen LogP contribution in [0.3, 0.4) is 0 Å². The van der Waals surface area contributed by atoms with Gasteiger partial charge in [0.25, 0.3) is 0 Å². The lowest BCUT2D eigenvalue weighted by Crippen LogP contribution is -2.51. The second kappa shape index (κ2) is 8.78. The number of fused-ring (bicyclic) bond motifs is 1. The third-order valence-electron chi connectivity index (χ3n) is 5.92. The summed E-state index contributed by atoms with van der Waals surface area (Å²) in [5.74, 6) is 0.709. The van der Waals surface area contributed by atoms with E-state index in [-0.39, 0.29) is 24.0 Å². The number of nitrogens with one attached hydrogen (secondary N) is 1. The monoisotopic (exact) mass is 407 g/mol. The van der Waals surface area contributed by atoms with Crippen LogP contribution in [0.2, 0.25) is 0 Å². The molecule has 2 aliphatic heterocycles. The van der Waals surface area contributed by atoms with Gasteiger partial charge < -0.3 is 15.0 Å². The summed E-state index contributed by atoms with van der Waals surface area (Å²) in [6, 6.07) is 15.6. The molecule has 2 aromatic rings. The number of piperidine rings is 1. The summed E-state index contributed by atoms with van der Waals surface area (Å²) in [6.45, 7) is 5.78. The van der Waals surface area contributed by atoms with E-state index >= 15 is 0 Å². The number of carbonyl (C=O) groups excluding carboxylic acids is 2. The third-order valence-corrected chi connectivity index (χ3v) is 5.92. The minimum Gasteiger partial charge on any atom is -0.487 e. The van der Waals surface area contributed by atoms with Gasteiger partial charge >= 0.3 is 6.03 Å². The quantitative estimate of drug-likeness (QED) is 0.825. The van der Waals surface area contributed by atoms with Crippen molar-refractivity contribution < 1.29 is 14.3 Å². The van der Waals surface area contributed by atoms with Crippen LogP contribution in [0.15, 0.2) is 48.5 Å². The molecule has 0 bridgehead atoms. The molecule has 3 amide bonds. The zero-order chi connectivity index (χ0) is 21.1. The summed E-state index contributed by atoms with van der Waals surface area (Å²) in [7, 11) is 0. The molecule has 2 aromatic carbocycles. The van der Waals surface area contributed by atoms with Crippen LogP contribution in [-0.4, -0.2) is 42.6 Å². The van der Waals surface area contributed by atoms with E-state index in [0.29, 0.717) is 32.5 Å². The zero-order valence-electron chi connectivity index (χ0n) is 17.6. The molecule has 0 spiro atoms. The largest absolute Gasteiger partial charge is 0.487 e. The van der Waals surface area contributed by atoms with E-state index in [1.54, 1.807) is 4.90 Å². The molecular weight excluding hydrogens is 378 g/mol. The van der Waals surface area contributed by atoms with Crippen LogP contribution >= 0.6 is 0 Å².